The second kappa shape index (κ2) is 9.47. The fourth-order valence-corrected chi connectivity index (χ4v) is 4.29. The monoisotopic (exact) mass is 424 g/mol. The van der Waals surface area contributed by atoms with Crippen molar-refractivity contribution in [2.75, 3.05) is 47.8 Å². The number of anilines is 3. The lowest BCUT2D eigenvalue weighted by atomic mass is 10.2. The minimum Gasteiger partial charge on any atom is -0.370 e. The summed E-state index contributed by atoms with van der Waals surface area (Å²) in [6.07, 6.45) is 2.43. The van der Waals surface area contributed by atoms with E-state index in [9.17, 15) is 14.0 Å². The van der Waals surface area contributed by atoms with Crippen molar-refractivity contribution in [3.05, 3.63) is 54.3 Å². The molecule has 1 unspecified atom stereocenters. The number of carbonyl (C=O) groups is 2. The zero-order chi connectivity index (χ0) is 21.8. The zero-order valence-electron chi connectivity index (χ0n) is 17.9. The number of carbonyl (C=O) groups excluding carboxylic acids is 2. The SMILES string of the molecule is CC(C(=O)Nc1ccc(N2CCCC2=O)cc1)N1CCCN(c2ccc(F)cc2)CC1. The third-order valence-corrected chi connectivity index (χ3v) is 6.17. The molecule has 4 rings (SSSR count). The minimum absolute atomic E-state index is 0.0415. The molecule has 1 N–H and O–H groups in total. The lowest BCUT2D eigenvalue weighted by Crippen LogP contribution is -2.44. The maximum absolute atomic E-state index is 13.2. The number of rotatable bonds is 5. The Balaban J connectivity index is 1.32. The molecule has 164 valence electrons. The van der Waals surface area contributed by atoms with Crippen molar-refractivity contribution in [1.29, 1.82) is 0 Å². The van der Waals surface area contributed by atoms with Gasteiger partial charge in [0.1, 0.15) is 5.82 Å². The highest BCUT2D eigenvalue weighted by Crippen LogP contribution is 2.23. The van der Waals surface area contributed by atoms with Gasteiger partial charge in [0.25, 0.3) is 0 Å². The van der Waals surface area contributed by atoms with Crippen LogP contribution in [0, 0.1) is 5.82 Å². The van der Waals surface area contributed by atoms with Gasteiger partial charge in [0, 0.05) is 56.2 Å². The smallest absolute Gasteiger partial charge is 0.241 e. The number of hydrogen-bond donors (Lipinski definition) is 1. The Bertz CT molecular complexity index is 916. The molecule has 0 bridgehead atoms. The number of benzene rings is 2. The Labute approximate surface area is 182 Å². The molecule has 2 aliphatic rings. The van der Waals surface area contributed by atoms with E-state index >= 15 is 0 Å². The zero-order valence-corrected chi connectivity index (χ0v) is 17.9. The summed E-state index contributed by atoms with van der Waals surface area (Å²) in [5, 5.41) is 3.00. The quantitative estimate of drug-likeness (QED) is 0.798. The summed E-state index contributed by atoms with van der Waals surface area (Å²) in [6, 6.07) is 13.8. The van der Waals surface area contributed by atoms with Crippen molar-refractivity contribution in [1.82, 2.24) is 4.90 Å². The van der Waals surface area contributed by atoms with Crippen LogP contribution >= 0.6 is 0 Å². The fourth-order valence-electron chi connectivity index (χ4n) is 4.29. The molecule has 2 aromatic rings. The van der Waals surface area contributed by atoms with Crippen LogP contribution < -0.4 is 15.1 Å². The summed E-state index contributed by atoms with van der Waals surface area (Å²) in [5.41, 5.74) is 2.62. The van der Waals surface area contributed by atoms with Crippen molar-refractivity contribution in [2.24, 2.45) is 0 Å². The molecule has 0 aliphatic carbocycles. The molecule has 2 aliphatic heterocycles. The van der Waals surface area contributed by atoms with Gasteiger partial charge in [-0.25, -0.2) is 4.39 Å². The van der Waals surface area contributed by atoms with Gasteiger partial charge in [0.2, 0.25) is 11.8 Å². The Morgan fingerprint density at radius 1 is 0.903 bits per heavy atom. The van der Waals surface area contributed by atoms with Gasteiger partial charge in [-0.3, -0.25) is 14.5 Å². The average Bonchev–Trinajstić information content (AvgIpc) is 3.06. The van der Waals surface area contributed by atoms with E-state index in [2.05, 4.69) is 15.1 Å². The highest BCUT2D eigenvalue weighted by atomic mass is 19.1. The van der Waals surface area contributed by atoms with E-state index in [-0.39, 0.29) is 23.7 Å². The van der Waals surface area contributed by atoms with Crippen LogP contribution in [0.15, 0.2) is 48.5 Å². The third kappa shape index (κ3) is 5.05. The van der Waals surface area contributed by atoms with Gasteiger partial charge in [-0.2, -0.15) is 0 Å². The molecule has 0 aromatic heterocycles. The highest BCUT2D eigenvalue weighted by molar-refractivity contribution is 5.97. The van der Waals surface area contributed by atoms with Crippen LogP contribution in [0.2, 0.25) is 0 Å². The minimum atomic E-state index is -0.256. The third-order valence-electron chi connectivity index (χ3n) is 6.17. The van der Waals surface area contributed by atoms with Crippen LogP contribution in [0.3, 0.4) is 0 Å². The number of hydrogen-bond acceptors (Lipinski definition) is 4. The van der Waals surface area contributed by atoms with Gasteiger partial charge in [-0.1, -0.05) is 0 Å². The van der Waals surface area contributed by atoms with E-state index < -0.39 is 0 Å². The number of nitrogens with one attached hydrogen (secondary N) is 1. The first-order valence-corrected chi connectivity index (χ1v) is 11.0. The molecule has 1 atom stereocenters. The lowest BCUT2D eigenvalue weighted by Gasteiger charge is -2.27. The molecular weight excluding hydrogens is 395 g/mol. The summed E-state index contributed by atoms with van der Waals surface area (Å²) < 4.78 is 13.2. The standard InChI is InChI=1S/C24H29FN4O2/c1-18(27-13-3-14-28(17-16-27)21-9-5-19(25)6-10-21)24(31)26-20-7-11-22(12-8-20)29-15-2-4-23(29)30/h5-12,18H,2-4,13-17H2,1H3,(H,26,31). The van der Waals surface area contributed by atoms with E-state index in [0.29, 0.717) is 6.42 Å². The van der Waals surface area contributed by atoms with Crippen LogP contribution in [0.1, 0.15) is 26.2 Å². The van der Waals surface area contributed by atoms with E-state index in [0.717, 1.165) is 62.6 Å². The van der Waals surface area contributed by atoms with E-state index in [1.165, 1.54) is 12.1 Å². The topological polar surface area (TPSA) is 55.9 Å². The van der Waals surface area contributed by atoms with Gasteiger partial charge in [-0.05, 0) is 68.3 Å². The van der Waals surface area contributed by atoms with Crippen LogP contribution in [0.4, 0.5) is 21.5 Å². The molecule has 31 heavy (non-hydrogen) atoms. The molecule has 2 aromatic carbocycles. The van der Waals surface area contributed by atoms with Gasteiger partial charge in [0.15, 0.2) is 0 Å². The normalized spacial score (nSPS) is 18.7. The Hall–Kier alpha value is -2.93. The molecule has 2 fully saturated rings. The first-order chi connectivity index (χ1) is 15.0. The van der Waals surface area contributed by atoms with Crippen molar-refractivity contribution in [3.8, 4) is 0 Å². The first-order valence-electron chi connectivity index (χ1n) is 11.0. The molecule has 0 spiro atoms. The highest BCUT2D eigenvalue weighted by Gasteiger charge is 2.25. The Kier molecular flexibility index (Phi) is 6.51. The maximum Gasteiger partial charge on any atom is 0.241 e. The number of nitrogens with zero attached hydrogens (tertiary/aromatic N) is 3. The molecule has 2 amide bonds. The second-order valence-electron chi connectivity index (χ2n) is 8.21. The summed E-state index contributed by atoms with van der Waals surface area (Å²) >= 11 is 0. The van der Waals surface area contributed by atoms with Crippen LogP contribution in [-0.4, -0.2) is 55.5 Å². The summed E-state index contributed by atoms with van der Waals surface area (Å²) in [6.45, 7) is 5.96. The Morgan fingerprint density at radius 2 is 1.61 bits per heavy atom. The van der Waals surface area contributed by atoms with Gasteiger partial charge in [-0.15, -0.1) is 0 Å². The Morgan fingerprint density at radius 3 is 2.29 bits per heavy atom. The van der Waals surface area contributed by atoms with Crippen LogP contribution in [0.5, 0.6) is 0 Å². The molecule has 0 saturated carbocycles. The first kappa shape index (κ1) is 21.3. The predicted octanol–water partition coefficient (Wildman–Crippen LogP) is 3.49. The molecular formula is C24H29FN4O2. The maximum atomic E-state index is 13.2. The summed E-state index contributed by atoms with van der Waals surface area (Å²) in [4.78, 5) is 30.9. The van der Waals surface area contributed by atoms with E-state index in [1.807, 2.05) is 31.2 Å². The molecule has 2 saturated heterocycles. The van der Waals surface area contributed by atoms with Gasteiger partial charge >= 0.3 is 0 Å². The summed E-state index contributed by atoms with van der Waals surface area (Å²) in [5.74, 6) is -0.118. The largest absolute Gasteiger partial charge is 0.370 e. The lowest BCUT2D eigenvalue weighted by molar-refractivity contribution is -0.120. The average molecular weight is 425 g/mol. The van der Waals surface area contributed by atoms with E-state index in [1.54, 1.807) is 17.0 Å². The second-order valence-corrected chi connectivity index (χ2v) is 8.21. The molecule has 2 heterocycles. The predicted molar refractivity (Wildman–Crippen MR) is 121 cm³/mol. The number of halogens is 1. The van der Waals surface area contributed by atoms with Crippen LogP contribution in [0.25, 0.3) is 0 Å². The van der Waals surface area contributed by atoms with Crippen molar-refractivity contribution in [3.63, 3.8) is 0 Å². The number of amides is 2. The fraction of sp³-hybridized carbons (Fsp3) is 0.417. The molecule has 7 heteroatoms. The van der Waals surface area contributed by atoms with Crippen molar-refractivity contribution in [2.45, 2.75) is 32.2 Å². The van der Waals surface area contributed by atoms with Crippen molar-refractivity contribution < 1.29 is 14.0 Å². The molecule has 0 radical (unpaired) electrons. The van der Waals surface area contributed by atoms with Crippen molar-refractivity contribution >= 4 is 28.9 Å². The molecule has 6 nitrogen and oxygen atoms in total. The van der Waals surface area contributed by atoms with Gasteiger partial charge < -0.3 is 15.1 Å². The van der Waals surface area contributed by atoms with E-state index in [4.69, 9.17) is 0 Å². The summed E-state index contributed by atoms with van der Waals surface area (Å²) in [7, 11) is 0. The van der Waals surface area contributed by atoms with Gasteiger partial charge in [0.05, 0.1) is 6.04 Å². The van der Waals surface area contributed by atoms with Crippen LogP contribution in [-0.2, 0) is 9.59 Å².